The molecule has 3 heterocycles. The fourth-order valence-electron chi connectivity index (χ4n) is 5.36. The van der Waals surface area contributed by atoms with Gasteiger partial charge in [0.25, 0.3) is 0 Å². The van der Waals surface area contributed by atoms with Crippen LogP contribution in [0.15, 0.2) is 60.8 Å². The lowest BCUT2D eigenvalue weighted by atomic mass is 9.96. The van der Waals surface area contributed by atoms with Crippen LogP contribution in [0.5, 0.6) is 6.01 Å². The summed E-state index contributed by atoms with van der Waals surface area (Å²) in [5, 5.41) is 10.9. The van der Waals surface area contributed by atoms with E-state index in [1.165, 1.54) is 6.20 Å². The molecule has 0 N–H and O–H groups in total. The fourth-order valence-corrected chi connectivity index (χ4v) is 5.36. The fraction of sp³-hybridized carbons (Fsp3) is 0.429. The van der Waals surface area contributed by atoms with E-state index in [2.05, 4.69) is 9.88 Å². The van der Waals surface area contributed by atoms with Crippen LogP contribution in [0.4, 0.5) is 10.6 Å². The van der Waals surface area contributed by atoms with Crippen LogP contribution in [-0.2, 0) is 33.1 Å². The second kappa shape index (κ2) is 11.2. The molecule has 40 heavy (non-hydrogen) atoms. The molecule has 0 bridgehead atoms. The topological polar surface area (TPSA) is 121 Å². The molecular weight excluding hydrogens is 518 g/mol. The number of piperazine rings is 1. The van der Waals surface area contributed by atoms with E-state index in [1.807, 2.05) is 61.5 Å². The van der Waals surface area contributed by atoms with Gasteiger partial charge in [-0.15, -0.1) is 0 Å². The van der Waals surface area contributed by atoms with Gasteiger partial charge >= 0.3 is 17.9 Å². The molecule has 212 valence electrons. The van der Waals surface area contributed by atoms with Gasteiger partial charge in [-0.1, -0.05) is 54.6 Å². The van der Waals surface area contributed by atoms with Gasteiger partial charge in [-0.3, -0.25) is 9.47 Å². The van der Waals surface area contributed by atoms with Crippen LogP contribution >= 0.6 is 0 Å². The molecule has 1 aromatic heterocycles. The number of imidazole rings is 1. The molecule has 5 rings (SSSR count). The molecule has 1 atom stereocenters. The summed E-state index contributed by atoms with van der Waals surface area (Å²) < 4.78 is 24.8. The van der Waals surface area contributed by atoms with Crippen LogP contribution in [-0.4, -0.2) is 82.9 Å². The summed E-state index contributed by atoms with van der Waals surface area (Å²) in [6, 6.07) is 17.6. The van der Waals surface area contributed by atoms with Crippen molar-refractivity contribution >= 4 is 11.9 Å². The number of aromatic nitrogens is 2. The van der Waals surface area contributed by atoms with Gasteiger partial charge < -0.3 is 34.0 Å². The molecule has 0 radical (unpaired) electrons. The van der Waals surface area contributed by atoms with Crippen LogP contribution in [0.1, 0.15) is 23.6 Å². The van der Waals surface area contributed by atoms with Crippen molar-refractivity contribution in [3.8, 4) is 6.01 Å². The van der Waals surface area contributed by atoms with Gasteiger partial charge in [0, 0.05) is 63.1 Å². The number of benzene rings is 2. The standard InChI is InChI=1S/C28H33N5O7/c1-27(20-32-17-24(33(35)36)29-25(32)40-27)19-30-13-15-31(16-14-30)26(34)39-18-21-9-11-23(12-10-21)28(37-2,38-3)22-7-5-4-6-8-22/h4-12,17H,13-16,18-20H2,1-3H3. The van der Waals surface area contributed by atoms with E-state index >= 15 is 0 Å². The molecule has 3 aromatic rings. The molecule has 2 aromatic carbocycles. The van der Waals surface area contributed by atoms with Crippen molar-refractivity contribution in [1.82, 2.24) is 19.4 Å². The smallest absolute Gasteiger partial charge is 0.415 e. The van der Waals surface area contributed by atoms with Gasteiger partial charge in [-0.25, -0.2) is 4.79 Å². The van der Waals surface area contributed by atoms with Gasteiger partial charge in [-0.05, 0) is 17.4 Å². The first kappa shape index (κ1) is 27.6. The first-order chi connectivity index (χ1) is 19.2. The van der Waals surface area contributed by atoms with Crippen molar-refractivity contribution < 1.29 is 28.7 Å². The maximum absolute atomic E-state index is 12.7. The van der Waals surface area contributed by atoms with Crippen molar-refractivity contribution in [3.63, 3.8) is 0 Å². The Morgan fingerprint density at radius 2 is 1.70 bits per heavy atom. The maximum atomic E-state index is 12.7. The van der Waals surface area contributed by atoms with Crippen molar-refractivity contribution in [1.29, 1.82) is 0 Å². The van der Waals surface area contributed by atoms with Crippen LogP contribution in [0, 0.1) is 10.1 Å². The van der Waals surface area contributed by atoms with E-state index in [9.17, 15) is 14.9 Å². The zero-order valence-corrected chi connectivity index (χ0v) is 22.8. The second-order valence-corrected chi connectivity index (χ2v) is 10.2. The molecule has 1 fully saturated rings. The molecule has 2 aliphatic rings. The Labute approximate surface area is 232 Å². The summed E-state index contributed by atoms with van der Waals surface area (Å²) in [6.07, 6.45) is 1.04. The minimum Gasteiger partial charge on any atom is -0.445 e. The number of nitrogens with zero attached hydrogens (tertiary/aromatic N) is 5. The molecular formula is C28H33N5O7. The number of nitro groups is 1. The summed E-state index contributed by atoms with van der Waals surface area (Å²) in [5.41, 5.74) is 2.02. The van der Waals surface area contributed by atoms with Crippen molar-refractivity contribution in [2.24, 2.45) is 0 Å². The predicted octanol–water partition coefficient (Wildman–Crippen LogP) is 3.39. The van der Waals surface area contributed by atoms with E-state index < -0.39 is 16.3 Å². The predicted molar refractivity (Wildman–Crippen MR) is 144 cm³/mol. The highest BCUT2D eigenvalue weighted by Crippen LogP contribution is 2.34. The maximum Gasteiger partial charge on any atom is 0.415 e. The highest BCUT2D eigenvalue weighted by atomic mass is 16.7. The first-order valence-electron chi connectivity index (χ1n) is 13.1. The number of rotatable bonds is 9. The minimum atomic E-state index is -1.03. The summed E-state index contributed by atoms with van der Waals surface area (Å²) in [4.78, 5) is 31.0. The third kappa shape index (κ3) is 5.51. The zero-order chi connectivity index (χ0) is 28.3. The third-order valence-electron chi connectivity index (χ3n) is 7.37. The molecule has 0 spiro atoms. The lowest BCUT2D eigenvalue weighted by Crippen LogP contribution is -2.53. The molecule has 1 unspecified atom stereocenters. The van der Waals surface area contributed by atoms with E-state index in [1.54, 1.807) is 23.7 Å². The lowest BCUT2D eigenvalue weighted by molar-refractivity contribution is -0.389. The molecule has 1 amide bonds. The minimum absolute atomic E-state index is 0.154. The van der Waals surface area contributed by atoms with Crippen molar-refractivity contribution in [2.75, 3.05) is 46.9 Å². The Morgan fingerprint density at radius 3 is 2.30 bits per heavy atom. The normalized spacial score (nSPS) is 19.2. The van der Waals surface area contributed by atoms with Crippen LogP contribution in [0.25, 0.3) is 0 Å². The largest absolute Gasteiger partial charge is 0.445 e. The summed E-state index contributed by atoms with van der Waals surface area (Å²) >= 11 is 0. The van der Waals surface area contributed by atoms with E-state index in [4.69, 9.17) is 18.9 Å². The summed E-state index contributed by atoms with van der Waals surface area (Å²) in [6.45, 7) is 5.61. The SMILES string of the molecule is COC(OC)(c1ccccc1)c1ccc(COC(=O)N2CCN(CC3(C)Cn4cc([N+](=O)[O-])nc4O3)CC2)cc1. The Hall–Kier alpha value is -4.00. The molecule has 2 aliphatic heterocycles. The average molecular weight is 552 g/mol. The molecule has 12 heteroatoms. The van der Waals surface area contributed by atoms with Gasteiger partial charge in [0.05, 0.1) is 6.54 Å². The highest BCUT2D eigenvalue weighted by molar-refractivity contribution is 5.67. The Kier molecular flexibility index (Phi) is 7.74. The Bertz CT molecular complexity index is 1310. The van der Waals surface area contributed by atoms with Gasteiger partial charge in [0.1, 0.15) is 18.4 Å². The van der Waals surface area contributed by atoms with Gasteiger partial charge in [-0.2, -0.15) is 0 Å². The number of hydrogen-bond acceptors (Lipinski definition) is 9. The Morgan fingerprint density at radius 1 is 1.05 bits per heavy atom. The van der Waals surface area contributed by atoms with Crippen LogP contribution in [0.2, 0.25) is 0 Å². The number of methoxy groups -OCH3 is 2. The molecule has 0 saturated carbocycles. The van der Waals surface area contributed by atoms with E-state index in [-0.39, 0.29) is 24.5 Å². The molecule has 1 saturated heterocycles. The van der Waals surface area contributed by atoms with Crippen LogP contribution < -0.4 is 4.74 Å². The zero-order valence-electron chi connectivity index (χ0n) is 22.8. The first-order valence-corrected chi connectivity index (χ1v) is 13.1. The van der Waals surface area contributed by atoms with E-state index in [0.717, 1.165) is 16.7 Å². The number of amides is 1. The number of carbonyl (C=O) groups is 1. The highest BCUT2D eigenvalue weighted by Gasteiger charge is 2.42. The van der Waals surface area contributed by atoms with Crippen molar-refractivity contribution in [3.05, 3.63) is 87.6 Å². The van der Waals surface area contributed by atoms with E-state index in [0.29, 0.717) is 39.3 Å². The number of hydrogen-bond donors (Lipinski definition) is 0. The third-order valence-corrected chi connectivity index (χ3v) is 7.37. The number of ether oxygens (including phenoxy) is 4. The molecule has 0 aliphatic carbocycles. The lowest BCUT2D eigenvalue weighted by Gasteiger charge is -2.37. The van der Waals surface area contributed by atoms with Crippen molar-refractivity contribution in [2.45, 2.75) is 31.5 Å². The Balaban J connectivity index is 1.10. The number of fused-ring (bicyclic) bond motifs is 1. The number of carbonyl (C=O) groups excluding carboxylic acids is 1. The van der Waals surface area contributed by atoms with Gasteiger partial charge in [0.15, 0.2) is 0 Å². The monoisotopic (exact) mass is 551 g/mol. The summed E-state index contributed by atoms with van der Waals surface area (Å²) in [7, 11) is 3.21. The average Bonchev–Trinajstić information content (AvgIpc) is 3.49. The van der Waals surface area contributed by atoms with Gasteiger partial charge in [0.2, 0.25) is 5.79 Å². The molecule has 12 nitrogen and oxygen atoms in total. The second-order valence-electron chi connectivity index (χ2n) is 10.2. The summed E-state index contributed by atoms with van der Waals surface area (Å²) in [5.74, 6) is -1.25. The van der Waals surface area contributed by atoms with Crippen LogP contribution in [0.3, 0.4) is 0 Å². The quantitative estimate of drug-likeness (QED) is 0.224.